The van der Waals surface area contributed by atoms with Crippen LogP contribution in [-0.4, -0.2) is 52.3 Å². The average Bonchev–Trinajstić information content (AvgIpc) is 3.19. The summed E-state index contributed by atoms with van der Waals surface area (Å²) in [5, 5.41) is 0.752. The first-order valence-electron chi connectivity index (χ1n) is 10.8. The van der Waals surface area contributed by atoms with Gasteiger partial charge in [0.2, 0.25) is 11.8 Å². The number of piperidine rings is 1. The van der Waals surface area contributed by atoms with Gasteiger partial charge in [0.25, 0.3) is 0 Å². The van der Waals surface area contributed by atoms with Crippen molar-refractivity contribution in [1.82, 2.24) is 14.8 Å². The number of rotatable bonds is 5. The first kappa shape index (κ1) is 20.9. The molecule has 2 aliphatic heterocycles. The first-order chi connectivity index (χ1) is 14.5. The first-order valence-corrected chi connectivity index (χ1v) is 11.2. The summed E-state index contributed by atoms with van der Waals surface area (Å²) in [6, 6.07) is 11.8. The van der Waals surface area contributed by atoms with Crippen LogP contribution in [-0.2, 0) is 16.0 Å². The summed E-state index contributed by atoms with van der Waals surface area (Å²) >= 11 is 6.07. The fourth-order valence-electron chi connectivity index (χ4n) is 4.54. The van der Waals surface area contributed by atoms with E-state index in [4.69, 9.17) is 16.6 Å². The standard InChI is InChI=1S/C24H28ClN3O2/c1-17(28-11-3-6-23(28)29)24(30)27-12-9-20(10-13-27)22-8-7-19(16-26-22)14-18-4-2-5-21(25)15-18/h2,4-5,7-8,15-17,20H,3,6,9-14H2,1H3/t17-/m0/s1. The van der Waals surface area contributed by atoms with E-state index >= 15 is 0 Å². The maximum Gasteiger partial charge on any atom is 0.245 e. The molecule has 0 saturated carbocycles. The maximum atomic E-state index is 12.8. The molecule has 1 aromatic heterocycles. The molecule has 6 heteroatoms. The molecule has 0 spiro atoms. The van der Waals surface area contributed by atoms with Crippen LogP contribution >= 0.6 is 11.6 Å². The van der Waals surface area contributed by atoms with Crippen LogP contribution in [0.15, 0.2) is 42.6 Å². The van der Waals surface area contributed by atoms with Gasteiger partial charge >= 0.3 is 0 Å². The van der Waals surface area contributed by atoms with Crippen LogP contribution in [0.5, 0.6) is 0 Å². The molecule has 1 atom stereocenters. The molecule has 2 aliphatic rings. The molecular formula is C24H28ClN3O2. The summed E-state index contributed by atoms with van der Waals surface area (Å²) in [5.41, 5.74) is 3.44. The molecule has 5 nitrogen and oxygen atoms in total. The Balaban J connectivity index is 1.31. The van der Waals surface area contributed by atoms with Gasteiger partial charge in [-0.05, 0) is 61.9 Å². The molecule has 3 heterocycles. The topological polar surface area (TPSA) is 53.5 Å². The molecule has 30 heavy (non-hydrogen) atoms. The second kappa shape index (κ2) is 9.17. The van der Waals surface area contributed by atoms with Gasteiger partial charge in [0, 0.05) is 48.9 Å². The minimum atomic E-state index is -0.347. The Morgan fingerprint density at radius 2 is 1.97 bits per heavy atom. The third-order valence-corrected chi connectivity index (χ3v) is 6.54. The van der Waals surface area contributed by atoms with Gasteiger partial charge in [-0.2, -0.15) is 0 Å². The minimum Gasteiger partial charge on any atom is -0.341 e. The largest absolute Gasteiger partial charge is 0.341 e. The number of halogens is 1. The van der Waals surface area contributed by atoms with Gasteiger partial charge in [0.05, 0.1) is 0 Å². The van der Waals surface area contributed by atoms with Crippen molar-refractivity contribution < 1.29 is 9.59 Å². The number of carbonyl (C=O) groups excluding carboxylic acids is 2. The van der Waals surface area contributed by atoms with Crippen LogP contribution in [0.3, 0.4) is 0 Å². The molecule has 0 aliphatic carbocycles. The Labute approximate surface area is 183 Å². The van der Waals surface area contributed by atoms with Crippen LogP contribution in [0.1, 0.15) is 55.3 Å². The highest BCUT2D eigenvalue weighted by Gasteiger charge is 2.33. The number of benzene rings is 1. The lowest BCUT2D eigenvalue weighted by Crippen LogP contribution is -2.49. The zero-order valence-corrected chi connectivity index (χ0v) is 18.1. The van der Waals surface area contributed by atoms with Gasteiger partial charge in [0.15, 0.2) is 0 Å². The highest BCUT2D eigenvalue weighted by Crippen LogP contribution is 2.28. The molecule has 0 unspecified atom stereocenters. The second-order valence-electron chi connectivity index (χ2n) is 8.36. The van der Waals surface area contributed by atoms with Gasteiger partial charge < -0.3 is 9.80 Å². The van der Waals surface area contributed by atoms with Gasteiger partial charge in [-0.1, -0.05) is 29.8 Å². The highest BCUT2D eigenvalue weighted by atomic mass is 35.5. The smallest absolute Gasteiger partial charge is 0.245 e. The lowest BCUT2D eigenvalue weighted by atomic mass is 9.92. The van der Waals surface area contributed by atoms with Gasteiger partial charge in [0.1, 0.15) is 6.04 Å². The SMILES string of the molecule is C[C@@H](C(=O)N1CCC(c2ccc(Cc3cccc(Cl)c3)cn2)CC1)N1CCCC1=O. The predicted octanol–water partition coefficient (Wildman–Crippen LogP) is 4.04. The van der Waals surface area contributed by atoms with Gasteiger partial charge in [-0.3, -0.25) is 14.6 Å². The number of nitrogens with zero attached hydrogens (tertiary/aromatic N) is 3. The van der Waals surface area contributed by atoms with E-state index in [1.165, 1.54) is 5.56 Å². The Kier molecular flexibility index (Phi) is 6.38. The predicted molar refractivity (Wildman–Crippen MR) is 117 cm³/mol. The monoisotopic (exact) mass is 425 g/mol. The Morgan fingerprint density at radius 1 is 1.17 bits per heavy atom. The van der Waals surface area contributed by atoms with Crippen molar-refractivity contribution in [1.29, 1.82) is 0 Å². The van der Waals surface area contributed by atoms with E-state index in [0.29, 0.717) is 18.9 Å². The summed E-state index contributed by atoms with van der Waals surface area (Å²) in [4.78, 5) is 33.1. The van der Waals surface area contributed by atoms with Crippen molar-refractivity contribution in [3.05, 3.63) is 64.4 Å². The fraction of sp³-hybridized carbons (Fsp3) is 0.458. The summed E-state index contributed by atoms with van der Waals surface area (Å²) in [5.74, 6) is 0.555. The van der Waals surface area contributed by atoms with Gasteiger partial charge in [-0.25, -0.2) is 0 Å². The lowest BCUT2D eigenvalue weighted by Gasteiger charge is -2.35. The second-order valence-corrected chi connectivity index (χ2v) is 8.80. The third-order valence-electron chi connectivity index (χ3n) is 6.30. The molecule has 2 amide bonds. The summed E-state index contributed by atoms with van der Waals surface area (Å²) in [6.07, 6.45) is 6.01. The van der Waals surface area contributed by atoms with Crippen LogP contribution in [0.4, 0.5) is 0 Å². The summed E-state index contributed by atoms with van der Waals surface area (Å²) in [6.45, 7) is 4.01. The van der Waals surface area contributed by atoms with E-state index in [9.17, 15) is 9.59 Å². The number of aromatic nitrogens is 1. The molecule has 2 aromatic rings. The van der Waals surface area contributed by atoms with Crippen molar-refractivity contribution in [2.75, 3.05) is 19.6 Å². The summed E-state index contributed by atoms with van der Waals surface area (Å²) in [7, 11) is 0. The molecule has 0 bridgehead atoms. The lowest BCUT2D eigenvalue weighted by molar-refractivity contribution is -0.143. The molecule has 2 saturated heterocycles. The molecule has 0 radical (unpaired) electrons. The van der Waals surface area contributed by atoms with E-state index in [1.54, 1.807) is 4.90 Å². The van der Waals surface area contributed by atoms with Crippen molar-refractivity contribution in [3.63, 3.8) is 0 Å². The summed E-state index contributed by atoms with van der Waals surface area (Å²) < 4.78 is 0. The molecule has 0 N–H and O–H groups in total. The van der Waals surface area contributed by atoms with E-state index in [0.717, 1.165) is 55.1 Å². The number of hydrogen-bond acceptors (Lipinski definition) is 3. The molecule has 2 fully saturated rings. The number of carbonyl (C=O) groups is 2. The van der Waals surface area contributed by atoms with Crippen molar-refractivity contribution in [3.8, 4) is 0 Å². The normalized spacial score (nSPS) is 18.7. The third kappa shape index (κ3) is 4.67. The van der Waals surface area contributed by atoms with Crippen LogP contribution in [0, 0.1) is 0 Å². The van der Waals surface area contributed by atoms with Crippen LogP contribution in [0.25, 0.3) is 0 Å². The zero-order chi connectivity index (χ0) is 21.1. The molecule has 4 rings (SSSR count). The van der Waals surface area contributed by atoms with E-state index in [-0.39, 0.29) is 17.9 Å². The minimum absolute atomic E-state index is 0.0773. The molecule has 1 aromatic carbocycles. The number of amides is 2. The van der Waals surface area contributed by atoms with E-state index in [1.807, 2.05) is 36.2 Å². The fourth-order valence-corrected chi connectivity index (χ4v) is 4.75. The highest BCUT2D eigenvalue weighted by molar-refractivity contribution is 6.30. The van der Waals surface area contributed by atoms with E-state index < -0.39 is 0 Å². The van der Waals surface area contributed by atoms with Crippen LogP contribution < -0.4 is 0 Å². The Hall–Kier alpha value is -2.40. The zero-order valence-electron chi connectivity index (χ0n) is 17.4. The Morgan fingerprint density at radius 3 is 2.60 bits per heavy atom. The van der Waals surface area contributed by atoms with Crippen LogP contribution in [0.2, 0.25) is 5.02 Å². The van der Waals surface area contributed by atoms with Crippen molar-refractivity contribution in [2.45, 2.75) is 51.0 Å². The average molecular weight is 426 g/mol. The molecular weight excluding hydrogens is 398 g/mol. The van der Waals surface area contributed by atoms with E-state index in [2.05, 4.69) is 18.2 Å². The van der Waals surface area contributed by atoms with Gasteiger partial charge in [-0.15, -0.1) is 0 Å². The van der Waals surface area contributed by atoms with Crippen molar-refractivity contribution in [2.24, 2.45) is 0 Å². The van der Waals surface area contributed by atoms with Crippen molar-refractivity contribution >= 4 is 23.4 Å². The maximum absolute atomic E-state index is 12.8. The number of likely N-dealkylation sites (tertiary alicyclic amines) is 2. The quantitative estimate of drug-likeness (QED) is 0.726. The number of hydrogen-bond donors (Lipinski definition) is 0. The Bertz CT molecular complexity index is 907. The molecule has 158 valence electrons. The number of pyridine rings is 1.